The van der Waals surface area contributed by atoms with Crippen molar-refractivity contribution in [3.63, 3.8) is 0 Å². The first-order valence-corrected chi connectivity index (χ1v) is 7.92. The van der Waals surface area contributed by atoms with Crippen molar-refractivity contribution < 1.29 is 4.74 Å². The summed E-state index contributed by atoms with van der Waals surface area (Å²) >= 11 is 0. The molecule has 0 aromatic heterocycles. The highest BCUT2D eigenvalue weighted by Gasteiger charge is 2.18. The van der Waals surface area contributed by atoms with Gasteiger partial charge in [0.2, 0.25) is 0 Å². The van der Waals surface area contributed by atoms with Crippen LogP contribution in [0, 0.1) is 0 Å². The van der Waals surface area contributed by atoms with Crippen molar-refractivity contribution in [2.75, 3.05) is 6.61 Å². The van der Waals surface area contributed by atoms with Crippen LogP contribution in [0.25, 0.3) is 0 Å². The van der Waals surface area contributed by atoms with Gasteiger partial charge in [0.1, 0.15) is 0 Å². The van der Waals surface area contributed by atoms with Crippen molar-refractivity contribution >= 4 is 0 Å². The van der Waals surface area contributed by atoms with E-state index >= 15 is 0 Å². The lowest BCUT2D eigenvalue weighted by molar-refractivity contribution is 0.00747. The SMILES string of the molecule is CC(C)(C)c1ccc(CC(N)CC2CCCCO2)cc1. The molecule has 2 rings (SSSR count). The molecule has 0 bridgehead atoms. The summed E-state index contributed by atoms with van der Waals surface area (Å²) in [4.78, 5) is 0. The van der Waals surface area contributed by atoms with Gasteiger partial charge in [0.15, 0.2) is 0 Å². The lowest BCUT2D eigenvalue weighted by atomic mass is 9.86. The van der Waals surface area contributed by atoms with Crippen LogP contribution in [-0.2, 0) is 16.6 Å². The van der Waals surface area contributed by atoms with Crippen molar-refractivity contribution in [3.8, 4) is 0 Å². The molecule has 0 aliphatic carbocycles. The summed E-state index contributed by atoms with van der Waals surface area (Å²) in [6.07, 6.45) is 5.99. The largest absolute Gasteiger partial charge is 0.378 e. The van der Waals surface area contributed by atoms with E-state index in [1.807, 2.05) is 0 Å². The van der Waals surface area contributed by atoms with Gasteiger partial charge in [-0.25, -0.2) is 0 Å². The molecule has 0 radical (unpaired) electrons. The van der Waals surface area contributed by atoms with Crippen molar-refractivity contribution in [3.05, 3.63) is 35.4 Å². The van der Waals surface area contributed by atoms with E-state index in [0.717, 1.165) is 19.4 Å². The summed E-state index contributed by atoms with van der Waals surface area (Å²) in [5.41, 5.74) is 9.21. The fourth-order valence-electron chi connectivity index (χ4n) is 2.86. The van der Waals surface area contributed by atoms with E-state index in [9.17, 15) is 0 Å². The molecule has 0 spiro atoms. The number of ether oxygens (including phenoxy) is 1. The Balaban J connectivity index is 1.86. The van der Waals surface area contributed by atoms with Gasteiger partial charge in [-0.05, 0) is 48.6 Å². The normalized spacial score (nSPS) is 21.7. The molecule has 1 heterocycles. The van der Waals surface area contributed by atoms with Crippen LogP contribution in [-0.4, -0.2) is 18.8 Å². The van der Waals surface area contributed by atoms with Crippen LogP contribution < -0.4 is 5.73 Å². The van der Waals surface area contributed by atoms with Gasteiger partial charge < -0.3 is 10.5 Å². The van der Waals surface area contributed by atoms with E-state index in [-0.39, 0.29) is 11.5 Å². The zero-order chi connectivity index (χ0) is 14.6. The topological polar surface area (TPSA) is 35.2 Å². The van der Waals surface area contributed by atoms with Crippen LogP contribution in [0.2, 0.25) is 0 Å². The molecule has 1 aliphatic heterocycles. The molecule has 2 unspecified atom stereocenters. The van der Waals surface area contributed by atoms with Crippen LogP contribution in [0.1, 0.15) is 57.6 Å². The first-order valence-electron chi connectivity index (χ1n) is 7.92. The standard InChI is InChI=1S/C18H29NO/c1-18(2,3)15-9-7-14(8-10-15)12-16(19)13-17-6-4-5-11-20-17/h7-10,16-17H,4-6,11-13,19H2,1-3H3. The Morgan fingerprint density at radius 3 is 2.45 bits per heavy atom. The second-order valence-electron chi connectivity index (χ2n) is 7.14. The molecular formula is C18H29NO. The van der Waals surface area contributed by atoms with Gasteiger partial charge in [-0.1, -0.05) is 45.0 Å². The third-order valence-corrected chi connectivity index (χ3v) is 4.16. The third kappa shape index (κ3) is 4.60. The molecule has 1 aromatic rings. The van der Waals surface area contributed by atoms with Crippen LogP contribution in [0.3, 0.4) is 0 Å². The molecule has 2 nitrogen and oxygen atoms in total. The molecule has 1 aliphatic rings. The first-order chi connectivity index (χ1) is 9.45. The van der Waals surface area contributed by atoms with Crippen molar-refractivity contribution in [1.82, 2.24) is 0 Å². The molecule has 2 N–H and O–H groups in total. The summed E-state index contributed by atoms with van der Waals surface area (Å²) in [5.74, 6) is 0. The predicted molar refractivity (Wildman–Crippen MR) is 85.0 cm³/mol. The minimum absolute atomic E-state index is 0.207. The Hall–Kier alpha value is -0.860. The number of hydrogen-bond donors (Lipinski definition) is 1. The second kappa shape index (κ2) is 6.73. The third-order valence-electron chi connectivity index (χ3n) is 4.16. The lowest BCUT2D eigenvalue weighted by Gasteiger charge is -2.25. The zero-order valence-corrected chi connectivity index (χ0v) is 13.2. The average Bonchev–Trinajstić information content (AvgIpc) is 2.39. The highest BCUT2D eigenvalue weighted by atomic mass is 16.5. The van der Waals surface area contributed by atoms with Gasteiger partial charge in [-0.2, -0.15) is 0 Å². The van der Waals surface area contributed by atoms with Crippen molar-refractivity contribution in [1.29, 1.82) is 0 Å². The molecule has 1 saturated heterocycles. The highest BCUT2D eigenvalue weighted by molar-refractivity contribution is 5.27. The Morgan fingerprint density at radius 2 is 1.90 bits per heavy atom. The first kappa shape index (κ1) is 15.5. The molecule has 2 heteroatoms. The molecule has 1 aromatic carbocycles. The molecule has 112 valence electrons. The minimum atomic E-state index is 0.207. The number of hydrogen-bond acceptors (Lipinski definition) is 2. The molecule has 2 atom stereocenters. The maximum absolute atomic E-state index is 6.28. The Labute approximate surface area is 123 Å². The van der Waals surface area contributed by atoms with Crippen LogP contribution in [0.15, 0.2) is 24.3 Å². The van der Waals surface area contributed by atoms with E-state index in [4.69, 9.17) is 10.5 Å². The van der Waals surface area contributed by atoms with Gasteiger partial charge in [0.05, 0.1) is 6.10 Å². The lowest BCUT2D eigenvalue weighted by Crippen LogP contribution is -2.31. The Kier molecular flexibility index (Phi) is 5.22. The summed E-state index contributed by atoms with van der Waals surface area (Å²) in [6, 6.07) is 9.13. The van der Waals surface area contributed by atoms with Gasteiger partial charge in [-0.15, -0.1) is 0 Å². The summed E-state index contributed by atoms with van der Waals surface area (Å²) < 4.78 is 5.77. The van der Waals surface area contributed by atoms with Gasteiger partial charge in [0.25, 0.3) is 0 Å². The maximum atomic E-state index is 6.28. The van der Waals surface area contributed by atoms with E-state index in [1.165, 1.54) is 30.4 Å². The number of benzene rings is 1. The van der Waals surface area contributed by atoms with Crippen LogP contribution >= 0.6 is 0 Å². The molecule has 20 heavy (non-hydrogen) atoms. The van der Waals surface area contributed by atoms with E-state index < -0.39 is 0 Å². The fourth-order valence-corrected chi connectivity index (χ4v) is 2.86. The van der Waals surface area contributed by atoms with Gasteiger partial charge in [-0.3, -0.25) is 0 Å². The van der Waals surface area contributed by atoms with Gasteiger partial charge >= 0.3 is 0 Å². The summed E-state index contributed by atoms with van der Waals surface area (Å²) in [5, 5.41) is 0. The predicted octanol–water partition coefficient (Wildman–Crippen LogP) is 3.81. The molecular weight excluding hydrogens is 246 g/mol. The molecule has 1 fully saturated rings. The smallest absolute Gasteiger partial charge is 0.0590 e. The molecule has 0 amide bonds. The maximum Gasteiger partial charge on any atom is 0.0590 e. The summed E-state index contributed by atoms with van der Waals surface area (Å²) in [6.45, 7) is 7.65. The van der Waals surface area contributed by atoms with E-state index in [0.29, 0.717) is 6.10 Å². The van der Waals surface area contributed by atoms with Crippen molar-refractivity contribution in [2.45, 2.75) is 70.4 Å². The van der Waals surface area contributed by atoms with Crippen LogP contribution in [0.5, 0.6) is 0 Å². The fraction of sp³-hybridized carbons (Fsp3) is 0.667. The number of rotatable bonds is 4. The van der Waals surface area contributed by atoms with Crippen molar-refractivity contribution in [2.24, 2.45) is 5.73 Å². The Morgan fingerprint density at radius 1 is 1.20 bits per heavy atom. The molecule has 0 saturated carbocycles. The monoisotopic (exact) mass is 275 g/mol. The Bertz CT molecular complexity index is 398. The zero-order valence-electron chi connectivity index (χ0n) is 13.2. The average molecular weight is 275 g/mol. The van der Waals surface area contributed by atoms with E-state index in [2.05, 4.69) is 45.0 Å². The highest BCUT2D eigenvalue weighted by Crippen LogP contribution is 2.23. The summed E-state index contributed by atoms with van der Waals surface area (Å²) in [7, 11) is 0. The van der Waals surface area contributed by atoms with E-state index in [1.54, 1.807) is 0 Å². The van der Waals surface area contributed by atoms with Gasteiger partial charge in [0, 0.05) is 12.6 Å². The van der Waals surface area contributed by atoms with Crippen LogP contribution in [0.4, 0.5) is 0 Å². The number of nitrogens with two attached hydrogens (primary N) is 1. The second-order valence-corrected chi connectivity index (χ2v) is 7.14. The minimum Gasteiger partial charge on any atom is -0.378 e. The quantitative estimate of drug-likeness (QED) is 0.907.